The molecular formula is C18H20N2O2. The zero-order valence-corrected chi connectivity index (χ0v) is 13.1. The summed E-state index contributed by atoms with van der Waals surface area (Å²) < 4.78 is 5.92. The third kappa shape index (κ3) is 2.96. The van der Waals surface area contributed by atoms with Crippen LogP contribution in [-0.2, 0) is 4.79 Å². The summed E-state index contributed by atoms with van der Waals surface area (Å²) in [6.07, 6.45) is 2.62. The molecule has 2 aromatic rings. The number of aryl methyl sites for hydroxylation is 1. The van der Waals surface area contributed by atoms with Crippen LogP contribution in [0.25, 0.3) is 0 Å². The summed E-state index contributed by atoms with van der Waals surface area (Å²) in [6, 6.07) is 9.51. The maximum atomic E-state index is 12.1. The minimum Gasteiger partial charge on any atom is -0.437 e. The van der Waals surface area contributed by atoms with Gasteiger partial charge >= 0.3 is 0 Å². The number of hydrogen-bond donors (Lipinski definition) is 1. The molecule has 1 N–H and O–H groups in total. The van der Waals surface area contributed by atoms with Crippen molar-refractivity contribution in [1.82, 2.24) is 4.98 Å². The highest BCUT2D eigenvalue weighted by atomic mass is 16.5. The highest BCUT2D eigenvalue weighted by Crippen LogP contribution is 2.39. The van der Waals surface area contributed by atoms with Crippen molar-refractivity contribution in [3.63, 3.8) is 0 Å². The Balaban J connectivity index is 1.82. The first-order chi connectivity index (χ1) is 10.6. The average Bonchev–Trinajstić information content (AvgIpc) is 3.23. The van der Waals surface area contributed by atoms with Crippen LogP contribution in [0.2, 0.25) is 0 Å². The van der Waals surface area contributed by atoms with Crippen LogP contribution in [0.3, 0.4) is 0 Å². The van der Waals surface area contributed by atoms with Crippen LogP contribution in [0.15, 0.2) is 36.5 Å². The highest BCUT2D eigenvalue weighted by molar-refractivity contribution is 5.95. The van der Waals surface area contributed by atoms with Crippen molar-refractivity contribution >= 4 is 11.6 Å². The molecule has 4 nitrogen and oxygen atoms in total. The first kappa shape index (κ1) is 14.6. The van der Waals surface area contributed by atoms with E-state index >= 15 is 0 Å². The molecule has 0 radical (unpaired) electrons. The van der Waals surface area contributed by atoms with Gasteiger partial charge in [-0.25, -0.2) is 4.98 Å². The van der Waals surface area contributed by atoms with E-state index in [1.807, 2.05) is 38.1 Å². The van der Waals surface area contributed by atoms with E-state index in [9.17, 15) is 4.79 Å². The van der Waals surface area contributed by atoms with E-state index in [2.05, 4.69) is 17.2 Å². The number of rotatable bonds is 4. The molecule has 0 saturated heterocycles. The third-order valence-corrected chi connectivity index (χ3v) is 4.24. The quantitative estimate of drug-likeness (QED) is 0.924. The van der Waals surface area contributed by atoms with Gasteiger partial charge in [-0.3, -0.25) is 4.79 Å². The van der Waals surface area contributed by atoms with Crippen LogP contribution in [0.4, 0.5) is 5.69 Å². The van der Waals surface area contributed by atoms with Gasteiger partial charge in [0, 0.05) is 12.1 Å². The molecule has 0 spiro atoms. The van der Waals surface area contributed by atoms with Crippen molar-refractivity contribution in [3.8, 4) is 11.6 Å². The lowest BCUT2D eigenvalue weighted by molar-refractivity contribution is -0.117. The average molecular weight is 296 g/mol. The van der Waals surface area contributed by atoms with Gasteiger partial charge in [0.25, 0.3) is 0 Å². The van der Waals surface area contributed by atoms with E-state index in [-0.39, 0.29) is 11.8 Å². The lowest BCUT2D eigenvalue weighted by atomic mass is 10.1. The van der Waals surface area contributed by atoms with E-state index in [1.165, 1.54) is 0 Å². The Hall–Kier alpha value is -2.36. The summed E-state index contributed by atoms with van der Waals surface area (Å²) in [5.41, 5.74) is 2.85. The predicted molar refractivity (Wildman–Crippen MR) is 86.1 cm³/mol. The Morgan fingerprint density at radius 3 is 2.77 bits per heavy atom. The molecule has 0 aliphatic heterocycles. The Morgan fingerprint density at radius 1 is 1.27 bits per heavy atom. The monoisotopic (exact) mass is 296 g/mol. The summed E-state index contributed by atoms with van der Waals surface area (Å²) in [4.78, 5) is 16.4. The van der Waals surface area contributed by atoms with Gasteiger partial charge in [-0.2, -0.15) is 0 Å². The lowest BCUT2D eigenvalue weighted by Gasteiger charge is -2.13. The van der Waals surface area contributed by atoms with Crippen molar-refractivity contribution in [3.05, 3.63) is 47.7 Å². The summed E-state index contributed by atoms with van der Waals surface area (Å²) in [6.45, 7) is 6.14. The smallest absolute Gasteiger partial charge is 0.243 e. The second kappa shape index (κ2) is 5.79. The molecule has 0 bridgehead atoms. The Kier molecular flexibility index (Phi) is 3.84. The number of carbonyl (C=O) groups is 1. The fraction of sp³-hybridized carbons (Fsp3) is 0.333. The van der Waals surface area contributed by atoms with Gasteiger partial charge in [-0.15, -0.1) is 0 Å². The van der Waals surface area contributed by atoms with Crippen LogP contribution in [-0.4, -0.2) is 10.9 Å². The van der Waals surface area contributed by atoms with E-state index in [4.69, 9.17) is 4.74 Å². The zero-order valence-electron chi connectivity index (χ0n) is 13.1. The van der Waals surface area contributed by atoms with Crippen LogP contribution >= 0.6 is 0 Å². The highest BCUT2D eigenvalue weighted by Gasteiger charge is 2.39. The molecule has 1 aromatic heterocycles. The number of nitrogens with one attached hydrogen (secondary N) is 1. The number of aromatic nitrogens is 1. The van der Waals surface area contributed by atoms with E-state index in [0.29, 0.717) is 17.5 Å². The summed E-state index contributed by atoms with van der Waals surface area (Å²) >= 11 is 0. The molecule has 1 aliphatic carbocycles. The van der Waals surface area contributed by atoms with Crippen LogP contribution < -0.4 is 10.1 Å². The van der Waals surface area contributed by atoms with Crippen molar-refractivity contribution in [2.24, 2.45) is 11.8 Å². The van der Waals surface area contributed by atoms with Gasteiger partial charge in [-0.05, 0) is 55.5 Å². The molecule has 1 aromatic carbocycles. The SMILES string of the molecule is Cc1cccc(Oc2ncccc2NC(=O)[C@@H]2C[C@@H]2C)c1C. The van der Waals surface area contributed by atoms with Gasteiger partial charge in [-0.1, -0.05) is 19.1 Å². The lowest BCUT2D eigenvalue weighted by Crippen LogP contribution is -2.15. The Labute approximate surface area is 130 Å². The molecule has 0 unspecified atom stereocenters. The van der Waals surface area contributed by atoms with Gasteiger partial charge in [0.15, 0.2) is 0 Å². The maximum absolute atomic E-state index is 12.1. The fourth-order valence-electron chi connectivity index (χ4n) is 2.42. The zero-order chi connectivity index (χ0) is 15.7. The molecule has 1 fully saturated rings. The number of pyridine rings is 1. The predicted octanol–water partition coefficient (Wildman–Crippen LogP) is 4.09. The molecule has 1 heterocycles. The number of anilines is 1. The number of nitrogens with zero attached hydrogens (tertiary/aromatic N) is 1. The van der Waals surface area contributed by atoms with Crippen LogP contribution in [0, 0.1) is 25.7 Å². The summed E-state index contributed by atoms with van der Waals surface area (Å²) in [7, 11) is 0. The molecule has 22 heavy (non-hydrogen) atoms. The maximum Gasteiger partial charge on any atom is 0.243 e. The van der Waals surface area contributed by atoms with E-state index < -0.39 is 0 Å². The van der Waals surface area contributed by atoms with Crippen molar-refractivity contribution in [2.75, 3.05) is 5.32 Å². The van der Waals surface area contributed by atoms with E-state index in [0.717, 1.165) is 23.3 Å². The largest absolute Gasteiger partial charge is 0.437 e. The molecule has 1 amide bonds. The van der Waals surface area contributed by atoms with Gasteiger partial charge < -0.3 is 10.1 Å². The topological polar surface area (TPSA) is 51.2 Å². The third-order valence-electron chi connectivity index (χ3n) is 4.24. The molecule has 114 valence electrons. The minimum absolute atomic E-state index is 0.0475. The summed E-state index contributed by atoms with van der Waals surface area (Å²) in [5.74, 6) is 1.83. The van der Waals surface area contributed by atoms with Gasteiger partial charge in [0.05, 0.1) is 0 Å². The minimum atomic E-state index is 0.0475. The standard InChI is InChI=1S/C18H20N2O2/c1-11-6-4-8-16(13(11)3)22-18-15(7-5-9-19-18)20-17(21)14-10-12(14)2/h4-9,12,14H,10H2,1-3H3,(H,20,21)/t12-,14+/m0/s1. The van der Waals surface area contributed by atoms with Crippen LogP contribution in [0.1, 0.15) is 24.5 Å². The number of amides is 1. The molecule has 1 aliphatic rings. The van der Waals surface area contributed by atoms with Crippen molar-refractivity contribution in [2.45, 2.75) is 27.2 Å². The summed E-state index contributed by atoms with van der Waals surface area (Å²) in [5, 5.41) is 2.93. The first-order valence-corrected chi connectivity index (χ1v) is 7.56. The van der Waals surface area contributed by atoms with E-state index in [1.54, 1.807) is 12.3 Å². The molecule has 1 saturated carbocycles. The molecular weight excluding hydrogens is 276 g/mol. The normalized spacial score (nSPS) is 19.6. The number of hydrogen-bond acceptors (Lipinski definition) is 3. The van der Waals surface area contributed by atoms with Gasteiger partial charge in [0.1, 0.15) is 11.4 Å². The van der Waals surface area contributed by atoms with Crippen molar-refractivity contribution < 1.29 is 9.53 Å². The second-order valence-electron chi connectivity index (χ2n) is 5.96. The Morgan fingerprint density at radius 2 is 2.05 bits per heavy atom. The van der Waals surface area contributed by atoms with Crippen molar-refractivity contribution in [1.29, 1.82) is 0 Å². The molecule has 2 atom stereocenters. The fourth-order valence-corrected chi connectivity index (χ4v) is 2.42. The molecule has 4 heteroatoms. The number of ether oxygens (including phenoxy) is 1. The number of benzene rings is 1. The number of carbonyl (C=O) groups excluding carboxylic acids is 1. The Bertz CT molecular complexity index is 712. The first-order valence-electron chi connectivity index (χ1n) is 7.56. The van der Waals surface area contributed by atoms with Gasteiger partial charge in [0.2, 0.25) is 11.8 Å². The molecule has 3 rings (SSSR count). The second-order valence-corrected chi connectivity index (χ2v) is 5.96. The van der Waals surface area contributed by atoms with Crippen LogP contribution in [0.5, 0.6) is 11.6 Å².